The first-order chi connectivity index (χ1) is 8.01. The van der Waals surface area contributed by atoms with E-state index >= 15 is 0 Å². The number of rotatable bonds is 8. The predicted molar refractivity (Wildman–Crippen MR) is 68.5 cm³/mol. The molecule has 0 heterocycles. The third-order valence-electron chi connectivity index (χ3n) is 3.22. The number of quaternary nitrogens is 1. The van der Waals surface area contributed by atoms with Gasteiger partial charge in [0.25, 0.3) is 0 Å². The molecule has 0 aliphatic rings. The molecule has 0 aromatic carbocycles. The molecule has 0 aliphatic carbocycles. The van der Waals surface area contributed by atoms with Crippen LogP contribution < -0.4 is 5.11 Å². The quantitative estimate of drug-likeness (QED) is 0.476. The summed E-state index contributed by atoms with van der Waals surface area (Å²) in [7, 11) is 0. The Kier molecular flexibility index (Phi) is 13.1. The molecule has 0 aromatic rings. The first kappa shape index (κ1) is 18.7. The van der Waals surface area contributed by atoms with Crippen molar-refractivity contribution in [2.75, 3.05) is 39.4 Å². The number of carbonyl (C=O) groups is 1. The van der Waals surface area contributed by atoms with E-state index in [1.807, 2.05) is 0 Å². The van der Waals surface area contributed by atoms with Crippen molar-refractivity contribution >= 4 is 5.97 Å². The van der Waals surface area contributed by atoms with Crippen molar-refractivity contribution in [2.45, 2.75) is 41.0 Å². The van der Waals surface area contributed by atoms with Crippen LogP contribution in [0.2, 0.25) is 0 Å². The van der Waals surface area contributed by atoms with Crippen molar-refractivity contribution < 1.29 is 19.1 Å². The molecule has 17 heavy (non-hydrogen) atoms. The van der Waals surface area contributed by atoms with Gasteiger partial charge in [-0.15, -0.1) is 0 Å². The molecule has 0 spiro atoms. The number of ether oxygens (including phenoxy) is 1. The van der Waals surface area contributed by atoms with Gasteiger partial charge in [-0.2, -0.15) is 0 Å². The van der Waals surface area contributed by atoms with Crippen LogP contribution in [-0.4, -0.2) is 49.8 Å². The highest BCUT2D eigenvalue weighted by Gasteiger charge is 2.19. The van der Waals surface area contributed by atoms with Crippen molar-refractivity contribution in [1.82, 2.24) is 0 Å². The second-order valence-corrected chi connectivity index (χ2v) is 3.94. The number of carboxylic acids is 1. The van der Waals surface area contributed by atoms with Crippen LogP contribution >= 0.6 is 0 Å². The molecule has 0 bridgehead atoms. The predicted octanol–water partition coefficient (Wildman–Crippen LogP) is 1.05. The topological polar surface area (TPSA) is 49.4 Å². The fraction of sp³-hybridized carbons (Fsp3) is 0.923. The number of nitrogens with zero attached hydrogens (tertiary/aromatic N) is 1. The SMILES string of the molecule is CCC(=O)[O-].CCOCC[N+](CC)(CC)CC. The van der Waals surface area contributed by atoms with E-state index in [2.05, 4.69) is 27.7 Å². The molecule has 4 nitrogen and oxygen atoms in total. The van der Waals surface area contributed by atoms with Crippen LogP contribution in [0.15, 0.2) is 0 Å². The Labute approximate surface area is 106 Å². The summed E-state index contributed by atoms with van der Waals surface area (Å²) in [5.41, 5.74) is 0. The van der Waals surface area contributed by atoms with Crippen molar-refractivity contribution in [3.8, 4) is 0 Å². The summed E-state index contributed by atoms with van der Waals surface area (Å²) in [5.74, 6) is -0.995. The number of hydrogen-bond donors (Lipinski definition) is 0. The third-order valence-corrected chi connectivity index (χ3v) is 3.22. The zero-order chi connectivity index (χ0) is 13.7. The maximum Gasteiger partial charge on any atom is 0.102 e. The normalized spacial score (nSPS) is 10.6. The van der Waals surface area contributed by atoms with Gasteiger partial charge in [-0.1, -0.05) is 6.92 Å². The van der Waals surface area contributed by atoms with Gasteiger partial charge in [-0.25, -0.2) is 0 Å². The largest absolute Gasteiger partial charge is 0.550 e. The lowest BCUT2D eigenvalue weighted by Crippen LogP contribution is -2.49. The molecule has 0 radical (unpaired) electrons. The summed E-state index contributed by atoms with van der Waals surface area (Å²) in [4.78, 5) is 9.26. The molecule has 0 rings (SSSR count). The molecular formula is C13H29NO3. The maximum absolute atomic E-state index is 9.26. The van der Waals surface area contributed by atoms with Crippen LogP contribution in [0.4, 0.5) is 0 Å². The van der Waals surface area contributed by atoms with Gasteiger partial charge in [-0.05, 0) is 34.1 Å². The molecule has 0 amide bonds. The Morgan fingerprint density at radius 2 is 1.47 bits per heavy atom. The molecule has 4 heteroatoms. The molecule has 0 aliphatic heterocycles. The first-order valence-electron chi connectivity index (χ1n) is 6.64. The highest BCUT2D eigenvalue weighted by Crippen LogP contribution is 2.04. The van der Waals surface area contributed by atoms with E-state index < -0.39 is 5.97 Å². The van der Waals surface area contributed by atoms with Gasteiger partial charge in [0.1, 0.15) is 6.54 Å². The number of likely N-dealkylation sites (N-methyl/N-ethyl adjacent to an activating group) is 1. The lowest BCUT2D eigenvalue weighted by Gasteiger charge is -2.35. The van der Waals surface area contributed by atoms with E-state index in [0.29, 0.717) is 0 Å². The monoisotopic (exact) mass is 247 g/mol. The van der Waals surface area contributed by atoms with Crippen LogP contribution in [0.1, 0.15) is 41.0 Å². The van der Waals surface area contributed by atoms with E-state index in [9.17, 15) is 9.90 Å². The summed E-state index contributed by atoms with van der Waals surface area (Å²) in [6.07, 6.45) is 0.111. The second-order valence-electron chi connectivity index (χ2n) is 3.94. The van der Waals surface area contributed by atoms with Crippen LogP contribution in [0.3, 0.4) is 0 Å². The maximum atomic E-state index is 9.26. The van der Waals surface area contributed by atoms with Gasteiger partial charge in [0, 0.05) is 12.6 Å². The lowest BCUT2D eigenvalue weighted by molar-refractivity contribution is -0.923. The minimum absolute atomic E-state index is 0.111. The van der Waals surface area contributed by atoms with Gasteiger partial charge in [-0.3, -0.25) is 0 Å². The van der Waals surface area contributed by atoms with Crippen LogP contribution in [-0.2, 0) is 9.53 Å². The number of aliphatic carboxylic acids is 1. The molecule has 0 saturated heterocycles. The van der Waals surface area contributed by atoms with Crippen molar-refractivity contribution in [3.05, 3.63) is 0 Å². The van der Waals surface area contributed by atoms with Crippen molar-refractivity contribution in [3.63, 3.8) is 0 Å². The Morgan fingerprint density at radius 3 is 1.71 bits per heavy atom. The molecule has 0 fully saturated rings. The van der Waals surface area contributed by atoms with Gasteiger partial charge >= 0.3 is 0 Å². The summed E-state index contributed by atoms with van der Waals surface area (Å²) in [6.45, 7) is 17.0. The highest BCUT2D eigenvalue weighted by molar-refractivity contribution is 5.63. The number of hydrogen-bond acceptors (Lipinski definition) is 3. The van der Waals surface area contributed by atoms with E-state index in [0.717, 1.165) is 19.8 Å². The second kappa shape index (κ2) is 11.9. The summed E-state index contributed by atoms with van der Waals surface area (Å²) in [6, 6.07) is 0. The molecule has 0 aromatic heterocycles. The Morgan fingerprint density at radius 1 is 1.06 bits per heavy atom. The zero-order valence-corrected chi connectivity index (χ0v) is 12.1. The summed E-state index contributed by atoms with van der Waals surface area (Å²) in [5, 5.41) is 9.26. The van der Waals surface area contributed by atoms with E-state index in [1.54, 1.807) is 0 Å². The summed E-state index contributed by atoms with van der Waals surface area (Å²) < 4.78 is 6.57. The minimum Gasteiger partial charge on any atom is -0.550 e. The molecular weight excluding hydrogens is 218 g/mol. The summed E-state index contributed by atoms with van der Waals surface area (Å²) >= 11 is 0. The fourth-order valence-corrected chi connectivity index (χ4v) is 1.55. The zero-order valence-electron chi connectivity index (χ0n) is 12.1. The van der Waals surface area contributed by atoms with Gasteiger partial charge in [0.05, 0.1) is 26.2 Å². The fourth-order valence-electron chi connectivity index (χ4n) is 1.55. The van der Waals surface area contributed by atoms with Crippen LogP contribution in [0, 0.1) is 0 Å². The van der Waals surface area contributed by atoms with Crippen molar-refractivity contribution in [2.24, 2.45) is 0 Å². The van der Waals surface area contributed by atoms with Gasteiger partial charge in [0.2, 0.25) is 0 Å². The standard InChI is InChI=1S/C10H24NO.C3H6O2/c1-5-11(6-2,7-3)9-10-12-8-4;1-2-3(4)5/h5-10H2,1-4H3;2H2,1H3,(H,4,5)/q+1;/p-1. The average Bonchev–Trinajstić information content (AvgIpc) is 2.36. The smallest absolute Gasteiger partial charge is 0.102 e. The lowest BCUT2D eigenvalue weighted by atomic mass is 10.3. The Balaban J connectivity index is 0. The van der Waals surface area contributed by atoms with E-state index in [1.165, 1.54) is 31.0 Å². The van der Waals surface area contributed by atoms with E-state index in [-0.39, 0.29) is 6.42 Å². The Hall–Kier alpha value is -0.610. The van der Waals surface area contributed by atoms with Gasteiger partial charge < -0.3 is 19.1 Å². The molecule has 104 valence electrons. The molecule has 0 saturated carbocycles. The number of carboxylic acid groups (broad SMARTS) is 1. The molecule has 0 atom stereocenters. The third kappa shape index (κ3) is 10.3. The van der Waals surface area contributed by atoms with Crippen molar-refractivity contribution in [1.29, 1.82) is 0 Å². The van der Waals surface area contributed by atoms with Gasteiger partial charge in [0.15, 0.2) is 0 Å². The highest BCUT2D eigenvalue weighted by atomic mass is 16.5. The van der Waals surface area contributed by atoms with Crippen LogP contribution in [0.25, 0.3) is 0 Å². The first-order valence-corrected chi connectivity index (χ1v) is 6.64. The average molecular weight is 247 g/mol. The molecule has 0 N–H and O–H groups in total. The Bertz CT molecular complexity index is 171. The van der Waals surface area contributed by atoms with E-state index in [4.69, 9.17) is 4.74 Å². The minimum atomic E-state index is -0.995. The molecule has 0 unspecified atom stereocenters. The number of carbonyl (C=O) groups excluding carboxylic acids is 1. The van der Waals surface area contributed by atoms with Crippen LogP contribution in [0.5, 0.6) is 0 Å².